The summed E-state index contributed by atoms with van der Waals surface area (Å²) < 4.78 is 41.9. The number of nitrogen functional groups attached to an aromatic ring is 1. The number of alkyl halides is 4. The van der Waals surface area contributed by atoms with Crippen molar-refractivity contribution in [1.82, 2.24) is 29.4 Å². The number of nitrogens with one attached hydrogen (secondary N) is 1. The van der Waals surface area contributed by atoms with E-state index in [0.29, 0.717) is 5.56 Å². The van der Waals surface area contributed by atoms with Crippen molar-refractivity contribution in [3.8, 4) is 0 Å². The Labute approximate surface area is 525 Å². The second-order valence-electron chi connectivity index (χ2n) is 22.1. The number of benzene rings is 6. The van der Waals surface area contributed by atoms with E-state index in [2.05, 4.69) is 101 Å². The van der Waals surface area contributed by atoms with Crippen molar-refractivity contribution in [1.29, 1.82) is 0 Å². The predicted molar refractivity (Wildman–Crippen MR) is 348 cm³/mol. The zero-order chi connectivity index (χ0) is 63.4. The van der Waals surface area contributed by atoms with Crippen molar-refractivity contribution in [3.63, 3.8) is 0 Å². The van der Waals surface area contributed by atoms with Crippen LogP contribution in [0, 0.1) is 75.5 Å². The van der Waals surface area contributed by atoms with Gasteiger partial charge in [-0.2, -0.15) is 13.2 Å². The number of nitrogens with zero attached hydrogens (tertiary/aromatic N) is 9. The quantitative estimate of drug-likeness (QED) is 0.0385. The minimum absolute atomic E-state index is 0.139. The molecule has 0 radical (unpaired) electrons. The Morgan fingerprint density at radius 3 is 1.29 bits per heavy atom. The van der Waals surface area contributed by atoms with Gasteiger partial charge in [-0.05, 0) is 177 Å². The van der Waals surface area contributed by atoms with Gasteiger partial charge in [-0.1, -0.05) is 52.3 Å². The van der Waals surface area contributed by atoms with Crippen LogP contribution in [0.15, 0.2) is 109 Å². The number of non-ortho nitro benzene ring substituents is 3. The molecule has 1 amide bonds. The fourth-order valence-electron chi connectivity index (χ4n) is 9.38. The molecule has 3 N–H and O–H groups in total. The smallest absolute Gasteiger partial charge is 0.399 e. The normalized spacial score (nSPS) is 15.3. The van der Waals surface area contributed by atoms with Crippen LogP contribution in [0.1, 0.15) is 71.6 Å². The molecule has 0 bridgehead atoms. The summed E-state index contributed by atoms with van der Waals surface area (Å²) in [6, 6.07) is 30.3. The van der Waals surface area contributed by atoms with Crippen LogP contribution in [0.2, 0.25) is 0 Å². The summed E-state index contributed by atoms with van der Waals surface area (Å²) in [6.07, 6.45) is -4.48. The average molecular weight is 1370 g/mol. The molecule has 3 fully saturated rings. The van der Waals surface area contributed by atoms with Crippen LogP contribution in [0.3, 0.4) is 0 Å². The predicted octanol–water partition coefficient (Wildman–Crippen LogP) is 12.6. The zero-order valence-electron chi connectivity index (χ0n) is 50.6. The molecular weight excluding hydrogens is 1290 g/mol. The number of nitrogens with two attached hydrogens (primary N) is 1. The highest BCUT2D eigenvalue weighted by molar-refractivity contribution is 14.1. The number of aryl methyl sites for hydroxylation is 6. The van der Waals surface area contributed by atoms with Crippen molar-refractivity contribution < 1.29 is 32.7 Å². The molecule has 3 aliphatic heterocycles. The summed E-state index contributed by atoms with van der Waals surface area (Å²) in [7, 11) is 6.32. The van der Waals surface area contributed by atoms with Crippen LogP contribution >= 0.6 is 38.5 Å². The van der Waals surface area contributed by atoms with E-state index >= 15 is 0 Å². The molecule has 3 heterocycles. The maximum Gasteiger partial charge on any atom is 0.416 e. The Morgan fingerprint density at radius 2 is 0.895 bits per heavy atom. The van der Waals surface area contributed by atoms with E-state index in [1.165, 1.54) is 67.1 Å². The molecule has 6 aromatic carbocycles. The number of hydrogen-bond donors (Lipinski definition) is 2. The Kier molecular flexibility index (Phi) is 27.5. The fourth-order valence-corrected chi connectivity index (χ4v) is 10.5. The van der Waals surface area contributed by atoms with Gasteiger partial charge >= 0.3 is 6.18 Å². The Bertz CT molecular complexity index is 3260. The molecule has 6 aromatic rings. The average Bonchev–Trinajstić information content (AvgIpc) is 2.89. The number of nitro groups is 3. The molecule has 3 saturated heterocycles. The summed E-state index contributed by atoms with van der Waals surface area (Å²) in [5.41, 5.74) is 17.2. The van der Waals surface area contributed by atoms with E-state index in [1.54, 1.807) is 48.5 Å². The van der Waals surface area contributed by atoms with Gasteiger partial charge in [0.2, 0.25) is 0 Å². The lowest BCUT2D eigenvalue weighted by molar-refractivity contribution is -0.385. The zero-order valence-corrected chi connectivity index (χ0v) is 54.3. The van der Waals surface area contributed by atoms with E-state index in [-0.39, 0.29) is 49.6 Å². The molecule has 0 atom stereocenters. The third-order valence-electron chi connectivity index (χ3n) is 15.4. The summed E-state index contributed by atoms with van der Waals surface area (Å²) in [5, 5.41) is 34.6. The minimum atomic E-state index is -4.48. The van der Waals surface area contributed by atoms with Gasteiger partial charge in [0.15, 0.2) is 0 Å². The molecule has 9 rings (SSSR count). The van der Waals surface area contributed by atoms with Crippen LogP contribution in [-0.2, 0) is 31.1 Å². The van der Waals surface area contributed by atoms with Gasteiger partial charge in [-0.3, -0.25) is 49.8 Å². The summed E-state index contributed by atoms with van der Waals surface area (Å²) in [4.78, 5) is 56.4. The molecule has 464 valence electrons. The number of anilines is 2. The topological polar surface area (TPSA) is 204 Å². The van der Waals surface area contributed by atoms with Crippen LogP contribution in [0.5, 0.6) is 0 Å². The van der Waals surface area contributed by atoms with E-state index < -0.39 is 17.6 Å². The minimum Gasteiger partial charge on any atom is -0.399 e. The van der Waals surface area contributed by atoms with Crippen LogP contribution in [0.25, 0.3) is 0 Å². The maximum atomic E-state index is 13.7. The molecule has 3 aliphatic rings. The number of nitro benzene ring substituents is 3. The van der Waals surface area contributed by atoms with Crippen molar-refractivity contribution in [2.75, 3.05) is 111 Å². The highest BCUT2D eigenvalue weighted by Crippen LogP contribution is 2.35. The second kappa shape index (κ2) is 33.6. The van der Waals surface area contributed by atoms with Crippen molar-refractivity contribution in [3.05, 3.63) is 210 Å². The van der Waals surface area contributed by atoms with Gasteiger partial charge in [0, 0.05) is 160 Å². The molecular formula is C63H80BrF3IN11O7. The summed E-state index contributed by atoms with van der Waals surface area (Å²) in [5.74, 6) is -0.428. The molecule has 0 aliphatic carbocycles. The number of hydrogen-bond acceptors (Lipinski definition) is 14. The first kappa shape index (κ1) is 70.3. The highest BCUT2D eigenvalue weighted by atomic mass is 127. The lowest BCUT2D eigenvalue weighted by Crippen LogP contribution is -2.44. The third kappa shape index (κ3) is 22.7. The van der Waals surface area contributed by atoms with Crippen LogP contribution < -0.4 is 11.1 Å². The number of rotatable bonds is 12. The molecule has 23 heteroatoms. The van der Waals surface area contributed by atoms with Gasteiger partial charge in [0.25, 0.3) is 23.0 Å². The monoisotopic (exact) mass is 1370 g/mol. The SMILES string of the molecule is Cc1cc(N)ccc1CN1CCN(C)CC1.Cc1cc([N+](=O)[O-])ccc1CBr.Cc1cc([N+](=O)[O-])ccc1CN1CCN(C)CC1.Cc1ccc(C(=O)Nc2ccc(CN3CCN(C)CC3)c(C(F)(F)F)c2)cc1I.Cc1ccc([N+](=O)[O-])cc1C. The van der Waals surface area contributed by atoms with E-state index in [0.717, 1.165) is 119 Å². The third-order valence-corrected chi connectivity index (χ3v) is 17.1. The summed E-state index contributed by atoms with van der Waals surface area (Å²) in [6.45, 7) is 26.0. The Balaban J connectivity index is 0.000000206. The number of amides is 1. The molecule has 86 heavy (non-hydrogen) atoms. The lowest BCUT2D eigenvalue weighted by atomic mass is 10.0. The number of carbonyl (C=O) groups is 1. The van der Waals surface area contributed by atoms with Gasteiger partial charge < -0.3 is 25.8 Å². The van der Waals surface area contributed by atoms with Gasteiger partial charge in [-0.15, -0.1) is 0 Å². The number of halogens is 5. The highest BCUT2D eigenvalue weighted by Gasteiger charge is 2.34. The number of likely N-dealkylation sites (N-methyl/N-ethyl adjacent to an activating group) is 3. The summed E-state index contributed by atoms with van der Waals surface area (Å²) >= 11 is 5.43. The van der Waals surface area contributed by atoms with E-state index in [9.17, 15) is 48.3 Å². The first-order valence-corrected chi connectivity index (χ1v) is 30.4. The number of carbonyl (C=O) groups excluding carboxylic acids is 1. The maximum absolute atomic E-state index is 13.7. The van der Waals surface area contributed by atoms with Gasteiger partial charge in [0.05, 0.1) is 20.3 Å². The van der Waals surface area contributed by atoms with Gasteiger partial charge in [0.1, 0.15) is 0 Å². The van der Waals surface area contributed by atoms with E-state index in [1.807, 2.05) is 64.8 Å². The Hall–Kier alpha value is -6.45. The second-order valence-corrected chi connectivity index (χ2v) is 23.8. The molecule has 18 nitrogen and oxygen atoms in total. The van der Waals surface area contributed by atoms with Crippen molar-refractivity contribution in [2.24, 2.45) is 0 Å². The molecule has 0 aromatic heterocycles. The number of piperazine rings is 3. The first-order chi connectivity index (χ1) is 40.6. The molecule has 0 spiro atoms. The van der Waals surface area contributed by atoms with E-state index in [4.69, 9.17) is 5.73 Å². The lowest BCUT2D eigenvalue weighted by Gasteiger charge is -2.33. The fraction of sp³-hybridized carbons (Fsp3) is 0.413. The first-order valence-electron chi connectivity index (χ1n) is 28.2. The van der Waals surface area contributed by atoms with Crippen LogP contribution in [-0.4, -0.2) is 150 Å². The standard InChI is InChI=1S/C21H23F3IN3O.C13H19N3O2.C13H21N3.C8H8BrNO2.C8H9NO2/c1-14-3-4-15(11-19(14)25)20(29)26-17-6-5-16(18(12-17)21(22,23)24)13-28-9-7-27(2)8-10-28;1-11-9-13(16(17)18)4-3-12(11)10-15-7-5-14(2)6-8-15;1-11-9-13(14)4-3-12(11)10-16-7-5-15(2)6-8-16;1-6-4-8(10(11)12)3-2-7(6)5-9;1-6-3-4-8(9(10)11)5-7(6)2/h3-6,11-12H,7-10,13H2,1-2H3,(H,26,29);3-4,9H,5-8,10H2,1-2H3;3-4,9H,5-8,10,14H2,1-2H3;2-4H,5H2,1H3;3-5H,1-2H3. The van der Waals surface area contributed by atoms with Crippen molar-refractivity contribution in [2.45, 2.75) is 72.7 Å². The molecule has 0 saturated carbocycles. The molecule has 0 unspecified atom stereocenters. The largest absolute Gasteiger partial charge is 0.416 e. The van der Waals surface area contributed by atoms with Gasteiger partial charge in [-0.25, -0.2) is 0 Å². The van der Waals surface area contributed by atoms with Crippen molar-refractivity contribution >= 4 is 72.9 Å². The van der Waals surface area contributed by atoms with Crippen LogP contribution in [0.4, 0.5) is 41.6 Å². The Morgan fingerprint density at radius 1 is 0.512 bits per heavy atom.